The van der Waals surface area contributed by atoms with Crippen molar-refractivity contribution in [1.82, 2.24) is 14.3 Å². The molecule has 1 amide bonds. The summed E-state index contributed by atoms with van der Waals surface area (Å²) in [5.41, 5.74) is -0.552. The zero-order valence-corrected chi connectivity index (χ0v) is 15.4. The van der Waals surface area contributed by atoms with Gasteiger partial charge in [-0.15, -0.1) is 0 Å². The van der Waals surface area contributed by atoms with E-state index in [9.17, 15) is 22.4 Å². The van der Waals surface area contributed by atoms with Crippen LogP contribution >= 0.6 is 0 Å². The summed E-state index contributed by atoms with van der Waals surface area (Å²) in [4.78, 5) is 12.4. The van der Waals surface area contributed by atoms with Crippen molar-refractivity contribution in [1.29, 1.82) is 0 Å². The summed E-state index contributed by atoms with van der Waals surface area (Å²) in [6.45, 7) is 3.85. The summed E-state index contributed by atoms with van der Waals surface area (Å²) < 4.78 is 55.7. The van der Waals surface area contributed by atoms with E-state index in [1.54, 1.807) is 22.9 Å². The number of benzene rings is 1. The van der Waals surface area contributed by atoms with E-state index in [2.05, 4.69) is 10.4 Å². The lowest BCUT2D eigenvalue weighted by Crippen LogP contribution is -2.17. The first-order valence-electron chi connectivity index (χ1n) is 8.47. The summed E-state index contributed by atoms with van der Waals surface area (Å²) in [5.74, 6) is -1.18. The van der Waals surface area contributed by atoms with E-state index < -0.39 is 23.6 Å². The van der Waals surface area contributed by atoms with E-state index in [-0.39, 0.29) is 23.0 Å². The minimum absolute atomic E-state index is 0.0172. The summed E-state index contributed by atoms with van der Waals surface area (Å²) in [6.07, 6.45) is -2.85. The third-order valence-corrected chi connectivity index (χ3v) is 4.24. The van der Waals surface area contributed by atoms with E-state index in [0.29, 0.717) is 5.69 Å². The maximum Gasteiger partial charge on any atom is 0.435 e. The van der Waals surface area contributed by atoms with Gasteiger partial charge in [0.15, 0.2) is 5.69 Å². The summed E-state index contributed by atoms with van der Waals surface area (Å²) in [5, 5.41) is 5.98. The van der Waals surface area contributed by atoms with Crippen molar-refractivity contribution in [2.45, 2.75) is 26.1 Å². The Labute approximate surface area is 158 Å². The zero-order chi connectivity index (χ0) is 20.6. The van der Waals surface area contributed by atoms with Gasteiger partial charge in [0.25, 0.3) is 5.91 Å². The summed E-state index contributed by atoms with van der Waals surface area (Å²) >= 11 is 0. The predicted molar refractivity (Wildman–Crippen MR) is 96.4 cm³/mol. The molecule has 1 N–H and O–H groups in total. The fourth-order valence-electron chi connectivity index (χ4n) is 2.89. The number of carbonyl (C=O) groups excluding carboxylic acids is 1. The van der Waals surface area contributed by atoms with Gasteiger partial charge in [-0.05, 0) is 50.2 Å². The molecule has 0 aliphatic carbocycles. The molecule has 1 aromatic carbocycles. The number of carbonyl (C=O) groups is 1. The molecule has 0 aliphatic rings. The highest BCUT2D eigenvalue weighted by atomic mass is 19.4. The number of anilines is 1. The van der Waals surface area contributed by atoms with Crippen LogP contribution in [0.5, 0.6) is 0 Å². The van der Waals surface area contributed by atoms with Crippen molar-refractivity contribution < 1.29 is 22.4 Å². The Hall–Kier alpha value is -3.10. The van der Waals surface area contributed by atoms with E-state index in [0.717, 1.165) is 16.8 Å². The van der Waals surface area contributed by atoms with Gasteiger partial charge in [-0.2, -0.15) is 18.3 Å². The molecule has 148 valence electrons. The molecule has 0 spiro atoms. The first kappa shape index (κ1) is 19.7. The Bertz CT molecular complexity index is 1020. The van der Waals surface area contributed by atoms with Gasteiger partial charge in [0.2, 0.25) is 0 Å². The quantitative estimate of drug-likeness (QED) is 0.642. The fourth-order valence-corrected chi connectivity index (χ4v) is 2.89. The number of nitrogens with one attached hydrogen (secondary N) is 1. The van der Waals surface area contributed by atoms with E-state index in [4.69, 9.17) is 0 Å². The van der Waals surface area contributed by atoms with Crippen molar-refractivity contribution in [2.75, 3.05) is 5.32 Å². The summed E-state index contributed by atoms with van der Waals surface area (Å²) in [6, 6.07) is 8.04. The Morgan fingerprint density at radius 1 is 1.18 bits per heavy atom. The van der Waals surface area contributed by atoms with Crippen LogP contribution < -0.4 is 5.32 Å². The van der Waals surface area contributed by atoms with Gasteiger partial charge in [-0.3, -0.25) is 9.48 Å². The maximum atomic E-state index is 14.5. The zero-order valence-electron chi connectivity index (χ0n) is 15.4. The number of nitrogens with zero attached hydrogens (tertiary/aromatic N) is 3. The fraction of sp³-hybridized carbons (Fsp3) is 0.263. The molecule has 0 bridgehead atoms. The van der Waals surface area contributed by atoms with Crippen LogP contribution in [0, 0.1) is 5.82 Å². The van der Waals surface area contributed by atoms with E-state index >= 15 is 0 Å². The standard InChI is InChI=1S/C19H18F4N4O/c1-11(2)27-8-4-5-15(27)18(28)24-12-6-7-13(14(20)9-12)16-10-17(19(21,22)23)25-26(16)3/h4-11H,1-3H3,(H,24,28). The molecule has 0 saturated carbocycles. The topological polar surface area (TPSA) is 51.9 Å². The second kappa shape index (κ2) is 7.14. The number of amides is 1. The molecule has 0 fully saturated rings. The number of aryl methyl sites for hydroxylation is 1. The lowest BCUT2D eigenvalue weighted by molar-refractivity contribution is -0.141. The number of aromatic nitrogens is 3. The molecular weight excluding hydrogens is 376 g/mol. The van der Waals surface area contributed by atoms with Crippen molar-refractivity contribution >= 4 is 11.6 Å². The number of hydrogen-bond donors (Lipinski definition) is 1. The van der Waals surface area contributed by atoms with Crippen LogP contribution in [0.1, 0.15) is 36.1 Å². The second-order valence-corrected chi connectivity index (χ2v) is 6.58. The van der Waals surface area contributed by atoms with Gasteiger partial charge in [0, 0.05) is 30.5 Å². The molecule has 0 atom stereocenters. The Morgan fingerprint density at radius 2 is 1.89 bits per heavy atom. The molecule has 28 heavy (non-hydrogen) atoms. The Balaban J connectivity index is 1.86. The average Bonchev–Trinajstić information content (AvgIpc) is 3.21. The van der Waals surface area contributed by atoms with Crippen LogP contribution in [0.4, 0.5) is 23.2 Å². The van der Waals surface area contributed by atoms with E-state index in [1.165, 1.54) is 19.2 Å². The van der Waals surface area contributed by atoms with Gasteiger partial charge in [-0.25, -0.2) is 4.39 Å². The van der Waals surface area contributed by atoms with Crippen LogP contribution in [0.15, 0.2) is 42.6 Å². The smallest absolute Gasteiger partial charge is 0.341 e. The second-order valence-electron chi connectivity index (χ2n) is 6.58. The molecule has 5 nitrogen and oxygen atoms in total. The number of rotatable bonds is 4. The minimum atomic E-state index is -4.62. The predicted octanol–water partition coefficient (Wildman–Crippen LogP) is 4.88. The molecule has 3 rings (SSSR count). The lowest BCUT2D eigenvalue weighted by atomic mass is 10.1. The van der Waals surface area contributed by atoms with E-state index in [1.807, 2.05) is 13.8 Å². The van der Waals surface area contributed by atoms with Crippen LogP contribution in [0.3, 0.4) is 0 Å². The molecule has 0 aliphatic heterocycles. The van der Waals surface area contributed by atoms with Gasteiger partial charge in [0.05, 0.1) is 5.69 Å². The molecule has 2 heterocycles. The van der Waals surface area contributed by atoms with Crippen LogP contribution in [-0.2, 0) is 13.2 Å². The molecule has 0 unspecified atom stereocenters. The SMILES string of the molecule is CC(C)n1cccc1C(=O)Nc1ccc(-c2cc(C(F)(F)F)nn2C)c(F)c1. The Morgan fingerprint density at radius 3 is 2.46 bits per heavy atom. The van der Waals surface area contributed by atoms with Crippen LogP contribution in [0.25, 0.3) is 11.3 Å². The third kappa shape index (κ3) is 3.78. The van der Waals surface area contributed by atoms with Gasteiger partial charge < -0.3 is 9.88 Å². The highest BCUT2D eigenvalue weighted by Crippen LogP contribution is 2.33. The van der Waals surface area contributed by atoms with Gasteiger partial charge in [-0.1, -0.05) is 0 Å². The molecule has 2 aromatic heterocycles. The number of halogens is 4. The summed E-state index contributed by atoms with van der Waals surface area (Å²) in [7, 11) is 1.31. The molecule has 3 aromatic rings. The number of alkyl halides is 3. The van der Waals surface area contributed by atoms with Gasteiger partial charge in [0.1, 0.15) is 11.5 Å². The largest absolute Gasteiger partial charge is 0.435 e. The third-order valence-electron chi connectivity index (χ3n) is 4.24. The van der Waals surface area contributed by atoms with Crippen molar-refractivity contribution in [3.8, 4) is 11.3 Å². The van der Waals surface area contributed by atoms with Gasteiger partial charge >= 0.3 is 6.18 Å². The Kier molecular flexibility index (Phi) is 5.01. The van der Waals surface area contributed by atoms with Crippen molar-refractivity contribution in [3.63, 3.8) is 0 Å². The van der Waals surface area contributed by atoms with Crippen LogP contribution in [-0.4, -0.2) is 20.3 Å². The monoisotopic (exact) mass is 394 g/mol. The maximum absolute atomic E-state index is 14.5. The number of hydrogen-bond acceptors (Lipinski definition) is 2. The molecule has 0 saturated heterocycles. The van der Waals surface area contributed by atoms with Crippen molar-refractivity contribution in [3.05, 3.63) is 59.8 Å². The lowest BCUT2D eigenvalue weighted by Gasteiger charge is -2.13. The van der Waals surface area contributed by atoms with Crippen molar-refractivity contribution in [2.24, 2.45) is 7.05 Å². The minimum Gasteiger partial charge on any atom is -0.341 e. The first-order valence-corrected chi connectivity index (χ1v) is 8.47. The molecule has 9 heteroatoms. The molecular formula is C19H18F4N4O. The normalized spacial score (nSPS) is 11.9. The van der Waals surface area contributed by atoms with Crippen LogP contribution in [0.2, 0.25) is 0 Å². The highest BCUT2D eigenvalue weighted by molar-refractivity contribution is 6.03. The first-order chi connectivity index (χ1) is 13.1. The molecule has 0 radical (unpaired) electrons. The highest BCUT2D eigenvalue weighted by Gasteiger charge is 2.35. The average molecular weight is 394 g/mol.